The quantitative estimate of drug-likeness (QED) is 0.504. The maximum atomic E-state index is 13.0. The predicted molar refractivity (Wildman–Crippen MR) is 115 cm³/mol. The van der Waals surface area contributed by atoms with Gasteiger partial charge < -0.3 is 9.64 Å². The van der Waals surface area contributed by atoms with Crippen molar-refractivity contribution in [2.24, 2.45) is 0 Å². The fraction of sp³-hybridized carbons (Fsp3) is 0.174. The molecule has 30 heavy (non-hydrogen) atoms. The van der Waals surface area contributed by atoms with Gasteiger partial charge in [-0.05, 0) is 43.3 Å². The number of rotatable bonds is 6. The molecule has 0 saturated carbocycles. The Hall–Kier alpha value is -3.87. The molecule has 1 atom stereocenters. The van der Waals surface area contributed by atoms with Crippen LogP contribution in [0.5, 0.6) is 5.75 Å². The maximum absolute atomic E-state index is 13.0. The number of amides is 1. The molecule has 4 rings (SSSR count). The zero-order chi connectivity index (χ0) is 21.1. The van der Waals surface area contributed by atoms with E-state index in [1.165, 1.54) is 0 Å². The number of aromatic nitrogens is 4. The number of aromatic amines is 2. The van der Waals surface area contributed by atoms with Crippen LogP contribution in [0.25, 0.3) is 22.5 Å². The summed E-state index contributed by atoms with van der Waals surface area (Å²) >= 11 is 0. The van der Waals surface area contributed by atoms with E-state index in [1.54, 1.807) is 25.1 Å². The van der Waals surface area contributed by atoms with Gasteiger partial charge in [0.05, 0.1) is 30.2 Å². The van der Waals surface area contributed by atoms with Gasteiger partial charge in [0.25, 0.3) is 5.91 Å². The molecule has 152 valence electrons. The van der Waals surface area contributed by atoms with Crippen LogP contribution in [0, 0.1) is 0 Å². The first-order chi connectivity index (χ1) is 14.6. The van der Waals surface area contributed by atoms with Gasteiger partial charge in [0.15, 0.2) is 0 Å². The highest BCUT2D eigenvalue weighted by Crippen LogP contribution is 2.25. The fourth-order valence-electron chi connectivity index (χ4n) is 3.22. The Morgan fingerprint density at radius 1 is 0.933 bits per heavy atom. The topological polar surface area (TPSA) is 86.9 Å². The van der Waals surface area contributed by atoms with Gasteiger partial charge in [0.1, 0.15) is 11.4 Å². The summed E-state index contributed by atoms with van der Waals surface area (Å²) in [4.78, 5) is 14.6. The summed E-state index contributed by atoms with van der Waals surface area (Å²) < 4.78 is 5.18. The Kier molecular flexibility index (Phi) is 5.34. The number of benzene rings is 2. The smallest absolute Gasteiger partial charge is 0.272 e. The van der Waals surface area contributed by atoms with Crippen LogP contribution in [0.15, 0.2) is 66.7 Å². The molecule has 0 radical (unpaired) electrons. The average Bonchev–Trinajstić information content (AvgIpc) is 3.49. The molecule has 0 fully saturated rings. The minimum absolute atomic E-state index is 0.148. The van der Waals surface area contributed by atoms with Crippen molar-refractivity contribution < 1.29 is 9.53 Å². The van der Waals surface area contributed by atoms with Crippen LogP contribution < -0.4 is 4.74 Å². The molecule has 0 spiro atoms. The summed E-state index contributed by atoms with van der Waals surface area (Å²) in [5.41, 5.74) is 4.77. The summed E-state index contributed by atoms with van der Waals surface area (Å²) in [5.74, 6) is 0.624. The van der Waals surface area contributed by atoms with E-state index in [-0.39, 0.29) is 11.9 Å². The van der Waals surface area contributed by atoms with Gasteiger partial charge in [-0.1, -0.05) is 30.3 Å². The van der Waals surface area contributed by atoms with E-state index in [0.29, 0.717) is 11.4 Å². The highest BCUT2D eigenvalue weighted by atomic mass is 16.5. The second kappa shape index (κ2) is 8.24. The second-order valence-electron chi connectivity index (χ2n) is 7.06. The molecule has 0 aliphatic rings. The van der Waals surface area contributed by atoms with E-state index in [0.717, 1.165) is 28.3 Å². The van der Waals surface area contributed by atoms with E-state index >= 15 is 0 Å². The number of H-pyrrole nitrogens is 2. The van der Waals surface area contributed by atoms with Crippen LogP contribution in [0.4, 0.5) is 0 Å². The first kappa shape index (κ1) is 19.4. The van der Waals surface area contributed by atoms with E-state index in [1.807, 2.05) is 67.6 Å². The Labute approximate surface area is 174 Å². The third-order valence-electron chi connectivity index (χ3n) is 5.21. The van der Waals surface area contributed by atoms with E-state index in [9.17, 15) is 4.79 Å². The van der Waals surface area contributed by atoms with Crippen LogP contribution in [0.2, 0.25) is 0 Å². The van der Waals surface area contributed by atoms with Gasteiger partial charge in [0, 0.05) is 18.2 Å². The number of carbonyl (C=O) groups is 1. The molecule has 7 heteroatoms. The molecular formula is C23H23N5O2. The minimum Gasteiger partial charge on any atom is -0.497 e. The highest BCUT2D eigenvalue weighted by molar-refractivity contribution is 5.93. The third-order valence-corrected chi connectivity index (χ3v) is 5.21. The Morgan fingerprint density at radius 2 is 1.57 bits per heavy atom. The number of methoxy groups -OCH3 is 1. The molecule has 2 aromatic carbocycles. The van der Waals surface area contributed by atoms with Crippen molar-refractivity contribution in [3.05, 3.63) is 78.1 Å². The van der Waals surface area contributed by atoms with Gasteiger partial charge in [-0.3, -0.25) is 15.0 Å². The first-order valence-electron chi connectivity index (χ1n) is 9.64. The summed E-state index contributed by atoms with van der Waals surface area (Å²) in [7, 11) is 3.39. The van der Waals surface area contributed by atoms with Gasteiger partial charge in [-0.25, -0.2) is 0 Å². The normalized spacial score (nSPS) is 11.8. The van der Waals surface area contributed by atoms with Crippen molar-refractivity contribution >= 4 is 5.91 Å². The lowest BCUT2D eigenvalue weighted by Crippen LogP contribution is -2.30. The predicted octanol–water partition coefficient (Wildman–Crippen LogP) is 4.31. The second-order valence-corrected chi connectivity index (χ2v) is 7.06. The number of hydrogen-bond donors (Lipinski definition) is 2. The summed E-state index contributed by atoms with van der Waals surface area (Å²) in [5, 5.41) is 14.6. The number of nitrogens with one attached hydrogen (secondary N) is 2. The van der Waals surface area contributed by atoms with E-state index < -0.39 is 0 Å². The number of carbonyl (C=O) groups excluding carboxylic acids is 1. The zero-order valence-corrected chi connectivity index (χ0v) is 17.1. The summed E-state index contributed by atoms with van der Waals surface area (Å²) in [6, 6.07) is 21.0. The Morgan fingerprint density at radius 3 is 2.27 bits per heavy atom. The molecule has 1 unspecified atom stereocenters. The van der Waals surface area contributed by atoms with Crippen LogP contribution in [-0.2, 0) is 0 Å². The van der Waals surface area contributed by atoms with Gasteiger partial charge in [0.2, 0.25) is 0 Å². The molecule has 0 aliphatic heterocycles. The van der Waals surface area contributed by atoms with Gasteiger partial charge in [-0.2, -0.15) is 10.2 Å². The summed E-state index contributed by atoms with van der Waals surface area (Å²) in [6.07, 6.45) is 0. The average molecular weight is 401 g/mol. The minimum atomic E-state index is -0.185. The molecule has 2 N–H and O–H groups in total. The van der Waals surface area contributed by atoms with Gasteiger partial charge >= 0.3 is 0 Å². The molecule has 0 saturated heterocycles. The SMILES string of the molecule is COc1ccc(-c2cc(C(=O)N(C)C(C)c3cc(-c4ccccc4)n[nH]3)[nH]n2)cc1. The standard InChI is InChI=1S/C23H23N5O2/c1-15(19-13-20(25-24-19)16-7-5-4-6-8-16)28(2)23(29)22-14-21(26-27-22)17-9-11-18(30-3)12-10-17/h4-15H,1-3H3,(H,24,25)(H,26,27). The van der Waals surface area contributed by atoms with Crippen molar-refractivity contribution in [3.8, 4) is 28.3 Å². The highest BCUT2D eigenvalue weighted by Gasteiger charge is 2.22. The maximum Gasteiger partial charge on any atom is 0.272 e. The van der Waals surface area contributed by atoms with E-state index in [2.05, 4.69) is 20.4 Å². The van der Waals surface area contributed by atoms with Crippen molar-refractivity contribution in [2.75, 3.05) is 14.2 Å². The van der Waals surface area contributed by atoms with Crippen LogP contribution >= 0.6 is 0 Å². The fourth-order valence-corrected chi connectivity index (χ4v) is 3.22. The molecule has 1 amide bonds. The lowest BCUT2D eigenvalue weighted by Gasteiger charge is -2.23. The summed E-state index contributed by atoms with van der Waals surface area (Å²) in [6.45, 7) is 1.96. The molecule has 0 bridgehead atoms. The zero-order valence-electron chi connectivity index (χ0n) is 17.1. The molecule has 4 aromatic rings. The van der Waals surface area contributed by atoms with Crippen molar-refractivity contribution in [2.45, 2.75) is 13.0 Å². The third kappa shape index (κ3) is 3.82. The monoisotopic (exact) mass is 401 g/mol. The molecule has 2 aromatic heterocycles. The lowest BCUT2D eigenvalue weighted by atomic mass is 10.1. The number of hydrogen-bond acceptors (Lipinski definition) is 4. The van der Waals surface area contributed by atoms with Crippen molar-refractivity contribution in [3.63, 3.8) is 0 Å². The van der Waals surface area contributed by atoms with Crippen LogP contribution in [-0.4, -0.2) is 45.4 Å². The van der Waals surface area contributed by atoms with Gasteiger partial charge in [-0.15, -0.1) is 0 Å². The van der Waals surface area contributed by atoms with Crippen LogP contribution in [0.3, 0.4) is 0 Å². The van der Waals surface area contributed by atoms with Crippen LogP contribution in [0.1, 0.15) is 29.1 Å². The number of ether oxygens (including phenoxy) is 1. The Balaban J connectivity index is 1.49. The Bertz CT molecular complexity index is 1130. The molecule has 0 aliphatic carbocycles. The first-order valence-corrected chi connectivity index (χ1v) is 9.64. The molecular weight excluding hydrogens is 378 g/mol. The largest absolute Gasteiger partial charge is 0.497 e. The number of nitrogens with zero attached hydrogens (tertiary/aromatic N) is 3. The lowest BCUT2D eigenvalue weighted by molar-refractivity contribution is 0.0734. The van der Waals surface area contributed by atoms with E-state index in [4.69, 9.17) is 4.74 Å². The molecule has 2 heterocycles. The van der Waals surface area contributed by atoms with Crippen molar-refractivity contribution in [1.82, 2.24) is 25.3 Å². The molecule has 7 nitrogen and oxygen atoms in total. The van der Waals surface area contributed by atoms with Crippen molar-refractivity contribution in [1.29, 1.82) is 0 Å².